The number of hydrogen-bond donors (Lipinski definition) is 2. The van der Waals surface area contributed by atoms with Gasteiger partial charge in [0.2, 0.25) is 0 Å². The molecule has 1 aromatic carbocycles. The van der Waals surface area contributed by atoms with E-state index in [4.69, 9.17) is 5.73 Å². The van der Waals surface area contributed by atoms with Gasteiger partial charge in [-0.25, -0.2) is 4.39 Å². The first-order valence-electron chi connectivity index (χ1n) is 6.36. The molecule has 0 aromatic heterocycles. The number of rotatable bonds is 6. The van der Waals surface area contributed by atoms with E-state index < -0.39 is 0 Å². The number of anilines is 1. The zero-order chi connectivity index (χ0) is 12.9. The van der Waals surface area contributed by atoms with Crippen molar-refractivity contribution in [2.24, 2.45) is 0 Å². The maximum absolute atomic E-state index is 13.3. The van der Waals surface area contributed by atoms with Crippen LogP contribution in [0.5, 0.6) is 0 Å². The molecule has 1 rings (SSSR count). The molecule has 0 heterocycles. The molecule has 3 heteroatoms. The molecule has 0 bridgehead atoms. The minimum Gasteiger partial charge on any atom is -0.396 e. The topological polar surface area (TPSA) is 38.0 Å². The van der Waals surface area contributed by atoms with Gasteiger partial charge in [0, 0.05) is 12.1 Å². The van der Waals surface area contributed by atoms with Crippen molar-refractivity contribution in [3.63, 3.8) is 0 Å². The van der Waals surface area contributed by atoms with Crippen LogP contribution in [-0.2, 0) is 6.54 Å². The fourth-order valence-corrected chi connectivity index (χ4v) is 2.14. The first-order chi connectivity index (χ1) is 8.08. The van der Waals surface area contributed by atoms with Gasteiger partial charge >= 0.3 is 0 Å². The second-order valence-electron chi connectivity index (χ2n) is 4.51. The van der Waals surface area contributed by atoms with Crippen molar-refractivity contribution in [3.05, 3.63) is 29.6 Å². The highest BCUT2D eigenvalue weighted by molar-refractivity contribution is 5.47. The van der Waals surface area contributed by atoms with Crippen LogP contribution in [0.2, 0.25) is 0 Å². The molecule has 0 saturated carbocycles. The molecular formula is C14H23FN2. The van der Waals surface area contributed by atoms with Gasteiger partial charge in [-0.3, -0.25) is 0 Å². The molecule has 0 spiro atoms. The number of hydrogen-bond acceptors (Lipinski definition) is 2. The average molecular weight is 238 g/mol. The van der Waals surface area contributed by atoms with Crippen LogP contribution >= 0.6 is 0 Å². The van der Waals surface area contributed by atoms with E-state index in [1.807, 2.05) is 6.07 Å². The van der Waals surface area contributed by atoms with Crippen LogP contribution in [0, 0.1) is 5.82 Å². The molecule has 17 heavy (non-hydrogen) atoms. The summed E-state index contributed by atoms with van der Waals surface area (Å²) in [7, 11) is 0. The van der Waals surface area contributed by atoms with Gasteiger partial charge in [0.1, 0.15) is 5.82 Å². The van der Waals surface area contributed by atoms with Crippen molar-refractivity contribution in [2.45, 2.75) is 52.1 Å². The average Bonchev–Trinajstić information content (AvgIpc) is 2.36. The Morgan fingerprint density at radius 2 is 1.76 bits per heavy atom. The number of nitrogens with one attached hydrogen (secondary N) is 1. The van der Waals surface area contributed by atoms with E-state index >= 15 is 0 Å². The molecule has 1 aromatic rings. The van der Waals surface area contributed by atoms with E-state index in [1.54, 1.807) is 6.07 Å². The molecule has 0 aliphatic carbocycles. The standard InChI is InChI=1S/C14H23FN2/c1-4-14(5-2,6-3)17-10-11-8-7-9-12(15)13(11)16/h7-9,17H,4-6,10,16H2,1-3H3. The molecule has 0 amide bonds. The van der Waals surface area contributed by atoms with Crippen LogP contribution in [0.4, 0.5) is 10.1 Å². The van der Waals surface area contributed by atoms with E-state index in [0.29, 0.717) is 6.54 Å². The van der Waals surface area contributed by atoms with Gasteiger partial charge in [0.05, 0.1) is 5.69 Å². The zero-order valence-corrected chi connectivity index (χ0v) is 11.0. The van der Waals surface area contributed by atoms with Crippen molar-refractivity contribution >= 4 is 5.69 Å². The molecule has 0 saturated heterocycles. The third-order valence-electron chi connectivity index (χ3n) is 3.83. The fourth-order valence-electron chi connectivity index (χ4n) is 2.14. The summed E-state index contributed by atoms with van der Waals surface area (Å²) in [6, 6.07) is 4.97. The molecule has 0 radical (unpaired) electrons. The van der Waals surface area contributed by atoms with Gasteiger partial charge in [-0.15, -0.1) is 0 Å². The summed E-state index contributed by atoms with van der Waals surface area (Å²) >= 11 is 0. The Morgan fingerprint density at radius 3 is 2.29 bits per heavy atom. The van der Waals surface area contributed by atoms with Gasteiger partial charge in [0.15, 0.2) is 0 Å². The Labute approximate surface area is 103 Å². The van der Waals surface area contributed by atoms with Gasteiger partial charge in [-0.1, -0.05) is 32.9 Å². The summed E-state index contributed by atoms with van der Waals surface area (Å²) in [6.07, 6.45) is 3.19. The van der Waals surface area contributed by atoms with E-state index in [9.17, 15) is 4.39 Å². The van der Waals surface area contributed by atoms with E-state index in [-0.39, 0.29) is 17.0 Å². The Kier molecular flexibility index (Phi) is 4.94. The van der Waals surface area contributed by atoms with Crippen molar-refractivity contribution in [1.82, 2.24) is 5.32 Å². The van der Waals surface area contributed by atoms with E-state index in [2.05, 4.69) is 26.1 Å². The maximum Gasteiger partial charge on any atom is 0.146 e. The Balaban J connectivity index is 2.75. The maximum atomic E-state index is 13.3. The summed E-state index contributed by atoms with van der Waals surface area (Å²) in [5, 5.41) is 3.52. The van der Waals surface area contributed by atoms with Crippen molar-refractivity contribution < 1.29 is 4.39 Å². The first-order valence-corrected chi connectivity index (χ1v) is 6.36. The lowest BCUT2D eigenvalue weighted by molar-refractivity contribution is 0.288. The number of nitrogen functional groups attached to an aromatic ring is 1. The highest BCUT2D eigenvalue weighted by Crippen LogP contribution is 2.22. The van der Waals surface area contributed by atoms with Crippen molar-refractivity contribution in [3.8, 4) is 0 Å². The molecule has 0 fully saturated rings. The predicted octanol–water partition coefficient (Wildman–Crippen LogP) is 3.47. The number of halogens is 1. The van der Waals surface area contributed by atoms with E-state index in [1.165, 1.54) is 6.07 Å². The van der Waals surface area contributed by atoms with Gasteiger partial charge < -0.3 is 11.1 Å². The molecule has 96 valence electrons. The van der Waals surface area contributed by atoms with Crippen LogP contribution in [0.15, 0.2) is 18.2 Å². The summed E-state index contributed by atoms with van der Waals surface area (Å²) in [5.41, 5.74) is 6.96. The van der Waals surface area contributed by atoms with Crippen LogP contribution in [0.25, 0.3) is 0 Å². The quantitative estimate of drug-likeness (QED) is 0.745. The zero-order valence-electron chi connectivity index (χ0n) is 11.0. The van der Waals surface area contributed by atoms with Crippen LogP contribution in [0.1, 0.15) is 45.6 Å². The molecule has 3 N–H and O–H groups in total. The summed E-state index contributed by atoms with van der Waals surface area (Å²) in [4.78, 5) is 0. The molecular weight excluding hydrogens is 215 g/mol. The van der Waals surface area contributed by atoms with Crippen molar-refractivity contribution in [2.75, 3.05) is 5.73 Å². The molecule has 0 aliphatic heterocycles. The molecule has 0 atom stereocenters. The predicted molar refractivity (Wildman–Crippen MR) is 71.3 cm³/mol. The molecule has 0 aliphatic rings. The van der Waals surface area contributed by atoms with E-state index in [0.717, 1.165) is 24.8 Å². The van der Waals surface area contributed by atoms with Gasteiger partial charge in [-0.05, 0) is 30.9 Å². The number of para-hydroxylation sites is 1. The SMILES string of the molecule is CCC(CC)(CC)NCc1cccc(F)c1N. The van der Waals surface area contributed by atoms with Gasteiger partial charge in [0.25, 0.3) is 0 Å². The number of nitrogens with two attached hydrogens (primary N) is 1. The van der Waals surface area contributed by atoms with Gasteiger partial charge in [-0.2, -0.15) is 0 Å². The monoisotopic (exact) mass is 238 g/mol. The molecule has 0 unspecified atom stereocenters. The lowest BCUT2D eigenvalue weighted by Crippen LogP contribution is -2.43. The molecule has 2 nitrogen and oxygen atoms in total. The third kappa shape index (κ3) is 3.19. The van der Waals surface area contributed by atoms with Crippen LogP contribution < -0.4 is 11.1 Å². The third-order valence-corrected chi connectivity index (χ3v) is 3.83. The van der Waals surface area contributed by atoms with Crippen LogP contribution in [0.3, 0.4) is 0 Å². The Bertz CT molecular complexity index is 351. The minimum atomic E-state index is -0.334. The van der Waals surface area contributed by atoms with Crippen molar-refractivity contribution in [1.29, 1.82) is 0 Å². The summed E-state index contributed by atoms with van der Waals surface area (Å²) < 4.78 is 13.3. The highest BCUT2D eigenvalue weighted by Gasteiger charge is 2.22. The minimum absolute atomic E-state index is 0.138. The lowest BCUT2D eigenvalue weighted by atomic mass is 9.89. The Morgan fingerprint density at radius 1 is 1.18 bits per heavy atom. The normalized spacial score (nSPS) is 11.8. The van der Waals surface area contributed by atoms with Crippen LogP contribution in [-0.4, -0.2) is 5.54 Å². The second-order valence-corrected chi connectivity index (χ2v) is 4.51. The number of benzene rings is 1. The highest BCUT2D eigenvalue weighted by atomic mass is 19.1. The Hall–Kier alpha value is -1.09. The largest absolute Gasteiger partial charge is 0.396 e. The smallest absolute Gasteiger partial charge is 0.146 e. The summed E-state index contributed by atoms with van der Waals surface area (Å²) in [6.45, 7) is 7.15. The summed E-state index contributed by atoms with van der Waals surface area (Å²) in [5.74, 6) is -0.334. The second kappa shape index (κ2) is 6.01. The lowest BCUT2D eigenvalue weighted by Gasteiger charge is -2.32. The first kappa shape index (κ1) is 14.0. The fraction of sp³-hybridized carbons (Fsp3) is 0.571.